The van der Waals surface area contributed by atoms with E-state index in [4.69, 9.17) is 0 Å². The zero-order valence-corrected chi connectivity index (χ0v) is 23.7. The molecule has 3 aromatic rings. The van der Waals surface area contributed by atoms with E-state index in [2.05, 4.69) is 9.71 Å². The van der Waals surface area contributed by atoms with Gasteiger partial charge in [0.15, 0.2) is 0 Å². The largest absolute Gasteiger partial charge is 0.361 e. The third-order valence-electron chi connectivity index (χ3n) is 8.33. The molecule has 2 saturated heterocycles. The molecule has 0 aliphatic carbocycles. The van der Waals surface area contributed by atoms with Crippen molar-refractivity contribution < 1.29 is 27.2 Å². The van der Waals surface area contributed by atoms with E-state index in [0.29, 0.717) is 5.56 Å². The van der Waals surface area contributed by atoms with Crippen molar-refractivity contribution in [3.8, 4) is 0 Å². The van der Waals surface area contributed by atoms with Crippen molar-refractivity contribution in [1.82, 2.24) is 19.5 Å². The number of carbonyl (C=O) groups excluding carboxylic acids is 3. The first-order valence-corrected chi connectivity index (χ1v) is 14.8. The van der Waals surface area contributed by atoms with E-state index in [0.717, 1.165) is 22.5 Å². The number of aromatic amines is 1. The molecule has 9 nitrogen and oxygen atoms in total. The highest BCUT2D eigenvalue weighted by atomic mass is 32.2. The molecule has 1 unspecified atom stereocenters. The lowest BCUT2D eigenvalue weighted by molar-refractivity contribution is -0.144. The van der Waals surface area contributed by atoms with Crippen molar-refractivity contribution in [2.75, 3.05) is 20.1 Å². The van der Waals surface area contributed by atoms with Crippen molar-refractivity contribution in [3.63, 3.8) is 0 Å². The highest BCUT2D eigenvalue weighted by molar-refractivity contribution is 7.89. The quantitative estimate of drug-likeness (QED) is 0.442. The Morgan fingerprint density at radius 3 is 2.48 bits per heavy atom. The van der Waals surface area contributed by atoms with Gasteiger partial charge in [-0.05, 0) is 72.5 Å². The third kappa shape index (κ3) is 4.60. The number of amides is 3. The lowest BCUT2D eigenvalue weighted by Crippen LogP contribution is -2.55. The van der Waals surface area contributed by atoms with Gasteiger partial charge in [-0.3, -0.25) is 19.3 Å². The smallest absolute Gasteiger partial charge is 0.244 e. The lowest BCUT2D eigenvalue weighted by Gasteiger charge is -2.41. The SMILES string of the molecule is Cc1ccc(F)c(S(=O)(=O)N[C@@H](C(=O)N2CCC3(CC2)C(=O)N(C)C(=O)C3c2ccc3[nH]ccc3c2)C(C)C)c1. The highest BCUT2D eigenvalue weighted by Gasteiger charge is 2.59. The molecule has 2 aliphatic rings. The molecular formula is C29H33FN4O5S. The summed E-state index contributed by atoms with van der Waals surface area (Å²) in [6, 6.07) is 10.2. The molecule has 5 rings (SSSR count). The zero-order valence-electron chi connectivity index (χ0n) is 22.9. The first kappa shape index (κ1) is 28.0. The average Bonchev–Trinajstić information content (AvgIpc) is 3.46. The van der Waals surface area contributed by atoms with E-state index in [9.17, 15) is 27.2 Å². The number of hydrogen-bond acceptors (Lipinski definition) is 5. The summed E-state index contributed by atoms with van der Waals surface area (Å²) < 4.78 is 43.0. The number of fused-ring (bicyclic) bond motifs is 1. The molecule has 0 radical (unpaired) electrons. The van der Waals surface area contributed by atoms with E-state index < -0.39 is 49.9 Å². The van der Waals surface area contributed by atoms with Gasteiger partial charge in [-0.25, -0.2) is 12.8 Å². The first-order valence-electron chi connectivity index (χ1n) is 13.3. The molecule has 2 aliphatic heterocycles. The Morgan fingerprint density at radius 1 is 1.10 bits per heavy atom. The second kappa shape index (κ2) is 10.1. The van der Waals surface area contributed by atoms with Crippen molar-refractivity contribution in [2.45, 2.75) is 50.5 Å². The zero-order chi connectivity index (χ0) is 29.0. The monoisotopic (exact) mass is 568 g/mol. The van der Waals surface area contributed by atoms with Gasteiger partial charge in [0, 0.05) is 31.9 Å². The van der Waals surface area contributed by atoms with Crippen LogP contribution in [0.5, 0.6) is 0 Å². The molecule has 1 aromatic heterocycles. The summed E-state index contributed by atoms with van der Waals surface area (Å²) in [5.41, 5.74) is 1.25. The highest BCUT2D eigenvalue weighted by Crippen LogP contribution is 2.51. The Labute approximate surface area is 232 Å². The van der Waals surface area contributed by atoms with E-state index in [1.807, 2.05) is 30.5 Å². The molecule has 1 spiro atoms. The fraction of sp³-hybridized carbons (Fsp3) is 0.414. The summed E-state index contributed by atoms with van der Waals surface area (Å²) in [7, 11) is -2.83. The fourth-order valence-electron chi connectivity index (χ4n) is 6.04. The minimum Gasteiger partial charge on any atom is -0.361 e. The number of likely N-dealkylation sites (N-methyl/N-ethyl adjacent to an activating group) is 1. The third-order valence-corrected chi connectivity index (χ3v) is 9.79. The molecule has 2 aromatic carbocycles. The van der Waals surface area contributed by atoms with Crippen LogP contribution in [0.3, 0.4) is 0 Å². The normalized spacial score (nSPS) is 20.2. The summed E-state index contributed by atoms with van der Waals surface area (Å²) in [4.78, 5) is 45.8. The molecule has 0 saturated carbocycles. The summed E-state index contributed by atoms with van der Waals surface area (Å²) in [5, 5.41) is 0.937. The van der Waals surface area contributed by atoms with E-state index in [-0.39, 0.29) is 37.7 Å². The molecule has 2 N–H and O–H groups in total. The topological polar surface area (TPSA) is 120 Å². The van der Waals surface area contributed by atoms with Crippen LogP contribution in [0.2, 0.25) is 0 Å². The van der Waals surface area contributed by atoms with E-state index >= 15 is 0 Å². The van der Waals surface area contributed by atoms with E-state index in [1.165, 1.54) is 29.0 Å². The van der Waals surface area contributed by atoms with Crippen molar-refractivity contribution >= 4 is 38.6 Å². The van der Waals surface area contributed by atoms with E-state index in [1.54, 1.807) is 20.8 Å². The maximum Gasteiger partial charge on any atom is 0.244 e. The van der Waals surface area contributed by atoms with Gasteiger partial charge >= 0.3 is 0 Å². The minimum atomic E-state index is -4.33. The minimum absolute atomic E-state index is 0.179. The van der Waals surface area contributed by atoms with Crippen molar-refractivity contribution in [2.24, 2.45) is 11.3 Å². The van der Waals surface area contributed by atoms with Gasteiger partial charge in [0.2, 0.25) is 27.7 Å². The summed E-state index contributed by atoms with van der Waals surface area (Å²) in [6.07, 6.45) is 2.33. The fourth-order valence-corrected chi connectivity index (χ4v) is 7.54. The van der Waals surface area contributed by atoms with Gasteiger partial charge < -0.3 is 9.88 Å². The molecule has 3 heterocycles. The number of aromatic nitrogens is 1. The first-order chi connectivity index (χ1) is 18.9. The van der Waals surface area contributed by atoms with Crippen LogP contribution in [-0.2, 0) is 24.4 Å². The summed E-state index contributed by atoms with van der Waals surface area (Å²) in [6.45, 7) is 5.44. The van der Waals surface area contributed by atoms with Gasteiger partial charge in [0.25, 0.3) is 0 Å². The van der Waals surface area contributed by atoms with Crippen molar-refractivity contribution in [1.29, 1.82) is 0 Å². The van der Waals surface area contributed by atoms with Crippen LogP contribution in [0.15, 0.2) is 53.6 Å². The van der Waals surface area contributed by atoms with Gasteiger partial charge in [-0.1, -0.05) is 26.0 Å². The Morgan fingerprint density at radius 2 is 1.80 bits per heavy atom. The molecular weight excluding hydrogens is 535 g/mol. The number of nitrogens with zero attached hydrogens (tertiary/aromatic N) is 2. The van der Waals surface area contributed by atoms with Gasteiger partial charge in [0.1, 0.15) is 16.8 Å². The molecule has 40 heavy (non-hydrogen) atoms. The van der Waals surface area contributed by atoms with Crippen LogP contribution >= 0.6 is 0 Å². The number of benzene rings is 2. The summed E-state index contributed by atoms with van der Waals surface area (Å²) >= 11 is 0. The number of hydrogen-bond donors (Lipinski definition) is 2. The number of piperidine rings is 1. The van der Waals surface area contributed by atoms with Gasteiger partial charge in [0.05, 0.1) is 11.3 Å². The number of sulfonamides is 1. The van der Waals surface area contributed by atoms with Gasteiger partial charge in [-0.2, -0.15) is 4.72 Å². The lowest BCUT2D eigenvalue weighted by atomic mass is 9.67. The number of carbonyl (C=O) groups is 3. The van der Waals surface area contributed by atoms with Crippen LogP contribution in [0.25, 0.3) is 10.9 Å². The predicted molar refractivity (Wildman–Crippen MR) is 147 cm³/mol. The Bertz CT molecular complexity index is 1610. The number of imide groups is 1. The second-order valence-electron chi connectivity index (χ2n) is 11.2. The Balaban J connectivity index is 1.38. The summed E-state index contributed by atoms with van der Waals surface area (Å²) in [5.74, 6) is -2.98. The molecule has 11 heteroatoms. The Hall–Kier alpha value is -3.57. The number of nitrogens with one attached hydrogen (secondary N) is 2. The number of halogens is 1. The van der Waals surface area contributed by atoms with Crippen molar-refractivity contribution in [3.05, 3.63) is 65.6 Å². The van der Waals surface area contributed by atoms with Gasteiger partial charge in [-0.15, -0.1) is 0 Å². The molecule has 0 bridgehead atoms. The molecule has 2 fully saturated rings. The standard InChI is InChI=1S/C29H33FN4O5S/c1-17(2)25(32-40(38,39)23-15-18(3)5-7-21(23)30)27(36)34-13-10-29(11-14-34)24(26(35)33(4)28(29)37)20-6-8-22-19(16-20)9-12-31-22/h5-9,12,15-17,24-25,31-32H,10-11,13-14H2,1-4H3/t24?,25-/m1/s1. The Kier molecular flexibility index (Phi) is 7.08. The van der Waals surface area contributed by atoms with Crippen LogP contribution < -0.4 is 4.72 Å². The van der Waals surface area contributed by atoms with Crippen LogP contribution in [-0.4, -0.2) is 67.1 Å². The second-order valence-corrected chi connectivity index (χ2v) is 12.9. The van der Waals surface area contributed by atoms with Crippen LogP contribution in [0, 0.1) is 24.1 Å². The molecule has 3 amide bonds. The average molecular weight is 569 g/mol. The number of H-pyrrole nitrogens is 1. The van der Waals surface area contributed by atoms with Crippen LogP contribution in [0.4, 0.5) is 4.39 Å². The predicted octanol–water partition coefficient (Wildman–Crippen LogP) is 3.31. The number of likely N-dealkylation sites (tertiary alicyclic amines) is 2. The number of rotatable bonds is 6. The maximum atomic E-state index is 14.4. The maximum absolute atomic E-state index is 14.4. The van der Waals surface area contributed by atoms with Crippen LogP contribution in [0.1, 0.15) is 43.7 Å². The number of aryl methyl sites for hydroxylation is 1. The molecule has 212 valence electrons. The molecule has 2 atom stereocenters.